The van der Waals surface area contributed by atoms with Gasteiger partial charge in [-0.25, -0.2) is 4.98 Å². The van der Waals surface area contributed by atoms with Crippen LogP contribution in [0.1, 0.15) is 29.7 Å². The second kappa shape index (κ2) is 4.12. The Labute approximate surface area is 95.9 Å². The van der Waals surface area contributed by atoms with E-state index in [1.807, 2.05) is 24.9 Å². The molecule has 0 atom stereocenters. The molecule has 86 valence electrons. The monoisotopic (exact) mass is 218 g/mol. The molecule has 0 radical (unpaired) electrons. The first kappa shape index (κ1) is 10.9. The van der Waals surface area contributed by atoms with Crippen LogP contribution in [-0.2, 0) is 13.1 Å². The SMILES string of the molecule is CCn1nc(C)cc1Cn1cnc(C)c1C. The van der Waals surface area contributed by atoms with Crippen molar-refractivity contribution in [3.63, 3.8) is 0 Å². The first-order valence-electron chi connectivity index (χ1n) is 5.63. The highest BCUT2D eigenvalue weighted by Gasteiger charge is 2.07. The van der Waals surface area contributed by atoms with E-state index in [2.05, 4.69) is 34.6 Å². The molecular formula is C12H18N4. The number of hydrogen-bond acceptors (Lipinski definition) is 2. The first-order chi connectivity index (χ1) is 7.61. The van der Waals surface area contributed by atoms with Crippen molar-refractivity contribution in [2.24, 2.45) is 0 Å². The van der Waals surface area contributed by atoms with Gasteiger partial charge in [0, 0.05) is 12.2 Å². The third kappa shape index (κ3) is 1.87. The minimum absolute atomic E-state index is 0.849. The van der Waals surface area contributed by atoms with Crippen molar-refractivity contribution in [3.05, 3.63) is 35.2 Å². The highest BCUT2D eigenvalue weighted by Crippen LogP contribution is 2.10. The standard InChI is InChI=1S/C12H18N4/c1-5-16-12(6-9(2)14-16)7-15-8-13-10(3)11(15)4/h6,8H,5,7H2,1-4H3. The normalized spacial score (nSPS) is 11.0. The Morgan fingerprint density at radius 3 is 2.56 bits per heavy atom. The van der Waals surface area contributed by atoms with E-state index in [4.69, 9.17) is 0 Å². The summed E-state index contributed by atoms with van der Waals surface area (Å²) in [5.41, 5.74) is 4.63. The molecular weight excluding hydrogens is 200 g/mol. The fourth-order valence-corrected chi connectivity index (χ4v) is 1.88. The van der Waals surface area contributed by atoms with Gasteiger partial charge in [0.05, 0.1) is 30.0 Å². The van der Waals surface area contributed by atoms with Gasteiger partial charge in [-0.05, 0) is 33.8 Å². The molecule has 4 nitrogen and oxygen atoms in total. The summed E-state index contributed by atoms with van der Waals surface area (Å²) in [6.07, 6.45) is 1.90. The summed E-state index contributed by atoms with van der Waals surface area (Å²) >= 11 is 0. The van der Waals surface area contributed by atoms with Crippen molar-refractivity contribution in [1.82, 2.24) is 19.3 Å². The lowest BCUT2D eigenvalue weighted by Crippen LogP contribution is -2.08. The molecule has 0 saturated carbocycles. The summed E-state index contributed by atoms with van der Waals surface area (Å²) in [5.74, 6) is 0. The molecule has 0 N–H and O–H groups in total. The van der Waals surface area contributed by atoms with Crippen LogP contribution in [0.2, 0.25) is 0 Å². The molecule has 2 aromatic heterocycles. The van der Waals surface area contributed by atoms with Crippen molar-refractivity contribution < 1.29 is 0 Å². The van der Waals surface area contributed by atoms with Crippen LogP contribution in [0.25, 0.3) is 0 Å². The van der Waals surface area contributed by atoms with Crippen LogP contribution in [0.4, 0.5) is 0 Å². The van der Waals surface area contributed by atoms with Crippen LogP contribution in [0.15, 0.2) is 12.4 Å². The van der Waals surface area contributed by atoms with E-state index in [1.54, 1.807) is 0 Å². The van der Waals surface area contributed by atoms with Gasteiger partial charge in [-0.2, -0.15) is 5.10 Å². The number of aryl methyl sites for hydroxylation is 3. The number of imidazole rings is 1. The van der Waals surface area contributed by atoms with E-state index in [-0.39, 0.29) is 0 Å². The Morgan fingerprint density at radius 2 is 2.00 bits per heavy atom. The zero-order valence-electron chi connectivity index (χ0n) is 10.4. The van der Waals surface area contributed by atoms with Crippen LogP contribution in [0.5, 0.6) is 0 Å². The lowest BCUT2D eigenvalue weighted by atomic mass is 10.3. The maximum absolute atomic E-state index is 4.44. The van der Waals surface area contributed by atoms with Crippen LogP contribution < -0.4 is 0 Å². The molecule has 16 heavy (non-hydrogen) atoms. The van der Waals surface area contributed by atoms with Crippen molar-refractivity contribution >= 4 is 0 Å². The Kier molecular flexibility index (Phi) is 2.81. The highest BCUT2D eigenvalue weighted by molar-refractivity contribution is 5.14. The Hall–Kier alpha value is -1.58. The minimum Gasteiger partial charge on any atom is -0.329 e. The number of nitrogens with zero attached hydrogens (tertiary/aromatic N) is 4. The zero-order valence-corrected chi connectivity index (χ0v) is 10.4. The van der Waals surface area contributed by atoms with Gasteiger partial charge in [-0.3, -0.25) is 4.68 Å². The minimum atomic E-state index is 0.849. The third-order valence-corrected chi connectivity index (χ3v) is 2.96. The van der Waals surface area contributed by atoms with Crippen molar-refractivity contribution in [2.45, 2.75) is 40.8 Å². The number of aromatic nitrogens is 4. The average molecular weight is 218 g/mol. The lowest BCUT2D eigenvalue weighted by Gasteiger charge is -2.07. The lowest BCUT2D eigenvalue weighted by molar-refractivity contribution is 0.593. The maximum atomic E-state index is 4.44. The molecule has 2 heterocycles. The molecule has 4 heteroatoms. The van der Waals surface area contributed by atoms with Crippen molar-refractivity contribution in [1.29, 1.82) is 0 Å². The number of hydrogen-bond donors (Lipinski definition) is 0. The highest BCUT2D eigenvalue weighted by atomic mass is 15.3. The second-order valence-corrected chi connectivity index (χ2v) is 4.14. The third-order valence-electron chi connectivity index (χ3n) is 2.96. The molecule has 0 unspecified atom stereocenters. The van der Waals surface area contributed by atoms with E-state index in [9.17, 15) is 0 Å². The predicted molar refractivity (Wildman–Crippen MR) is 63.4 cm³/mol. The van der Waals surface area contributed by atoms with Crippen molar-refractivity contribution in [2.75, 3.05) is 0 Å². The molecule has 0 amide bonds. The Morgan fingerprint density at radius 1 is 1.25 bits per heavy atom. The van der Waals surface area contributed by atoms with Gasteiger partial charge in [-0.1, -0.05) is 0 Å². The fourth-order valence-electron chi connectivity index (χ4n) is 1.88. The summed E-state index contributed by atoms with van der Waals surface area (Å²) in [7, 11) is 0. The average Bonchev–Trinajstić information content (AvgIpc) is 2.76. The van der Waals surface area contributed by atoms with Gasteiger partial charge in [0.25, 0.3) is 0 Å². The topological polar surface area (TPSA) is 35.6 Å². The summed E-state index contributed by atoms with van der Waals surface area (Å²) in [6.45, 7) is 10.0. The molecule has 0 spiro atoms. The van der Waals surface area contributed by atoms with Crippen LogP contribution in [-0.4, -0.2) is 19.3 Å². The van der Waals surface area contributed by atoms with E-state index in [0.717, 1.165) is 24.5 Å². The predicted octanol–water partition coefficient (Wildman–Crippen LogP) is 2.07. The van der Waals surface area contributed by atoms with Gasteiger partial charge in [0.1, 0.15) is 0 Å². The van der Waals surface area contributed by atoms with Crippen LogP contribution in [0.3, 0.4) is 0 Å². The molecule has 0 aliphatic rings. The summed E-state index contributed by atoms with van der Waals surface area (Å²) in [4.78, 5) is 4.31. The molecule has 2 aromatic rings. The van der Waals surface area contributed by atoms with E-state index >= 15 is 0 Å². The Balaban J connectivity index is 2.29. The summed E-state index contributed by atoms with van der Waals surface area (Å²) in [5, 5.41) is 4.44. The summed E-state index contributed by atoms with van der Waals surface area (Å²) in [6, 6.07) is 2.14. The molecule has 2 rings (SSSR count). The van der Waals surface area contributed by atoms with E-state index in [1.165, 1.54) is 11.4 Å². The van der Waals surface area contributed by atoms with Gasteiger partial charge >= 0.3 is 0 Å². The summed E-state index contributed by atoms with van der Waals surface area (Å²) < 4.78 is 4.21. The van der Waals surface area contributed by atoms with Crippen molar-refractivity contribution in [3.8, 4) is 0 Å². The fraction of sp³-hybridized carbons (Fsp3) is 0.500. The largest absolute Gasteiger partial charge is 0.329 e. The second-order valence-electron chi connectivity index (χ2n) is 4.14. The van der Waals surface area contributed by atoms with Crippen LogP contribution in [0, 0.1) is 20.8 Å². The van der Waals surface area contributed by atoms with E-state index in [0.29, 0.717) is 0 Å². The smallest absolute Gasteiger partial charge is 0.0955 e. The van der Waals surface area contributed by atoms with E-state index < -0.39 is 0 Å². The van der Waals surface area contributed by atoms with Gasteiger partial charge in [0.15, 0.2) is 0 Å². The number of rotatable bonds is 3. The molecule has 0 bridgehead atoms. The molecule has 0 aromatic carbocycles. The quantitative estimate of drug-likeness (QED) is 0.790. The van der Waals surface area contributed by atoms with Gasteiger partial charge < -0.3 is 4.57 Å². The van der Waals surface area contributed by atoms with Gasteiger partial charge in [-0.15, -0.1) is 0 Å². The first-order valence-corrected chi connectivity index (χ1v) is 5.63. The Bertz CT molecular complexity index is 493. The molecule has 0 aliphatic heterocycles. The molecule has 0 fully saturated rings. The van der Waals surface area contributed by atoms with Gasteiger partial charge in [0.2, 0.25) is 0 Å². The zero-order chi connectivity index (χ0) is 11.7. The molecule has 0 aliphatic carbocycles. The van der Waals surface area contributed by atoms with Crippen LogP contribution >= 0.6 is 0 Å². The maximum Gasteiger partial charge on any atom is 0.0955 e. The molecule has 0 saturated heterocycles.